The summed E-state index contributed by atoms with van der Waals surface area (Å²) in [5, 5.41) is 9.82. The van der Waals surface area contributed by atoms with E-state index in [4.69, 9.17) is 4.74 Å². The number of hydrogen-bond acceptors (Lipinski definition) is 3. The van der Waals surface area contributed by atoms with Crippen molar-refractivity contribution in [2.24, 2.45) is 0 Å². The van der Waals surface area contributed by atoms with Crippen LogP contribution in [-0.4, -0.2) is 41.8 Å². The zero-order chi connectivity index (χ0) is 17.1. The zero-order valence-corrected chi connectivity index (χ0v) is 15.2. The van der Waals surface area contributed by atoms with Crippen molar-refractivity contribution < 1.29 is 9.84 Å². The Bertz CT molecular complexity index is 579. The molecule has 0 bridgehead atoms. The lowest BCUT2D eigenvalue weighted by Crippen LogP contribution is -2.38. The second-order valence-corrected chi connectivity index (χ2v) is 7.98. The van der Waals surface area contributed by atoms with Crippen LogP contribution in [0.4, 0.5) is 0 Å². The Hall–Kier alpha value is -1.16. The van der Waals surface area contributed by atoms with Crippen LogP contribution in [0.25, 0.3) is 6.08 Å². The highest BCUT2D eigenvalue weighted by molar-refractivity contribution is 5.53. The minimum atomic E-state index is -0.217. The molecule has 3 heteroatoms. The maximum absolute atomic E-state index is 9.82. The number of benzene rings is 1. The molecule has 25 heavy (non-hydrogen) atoms. The molecule has 3 aliphatic rings. The van der Waals surface area contributed by atoms with Gasteiger partial charge in [-0.05, 0) is 43.2 Å². The third-order valence-electron chi connectivity index (χ3n) is 6.22. The van der Waals surface area contributed by atoms with E-state index >= 15 is 0 Å². The molecule has 2 saturated heterocycles. The first kappa shape index (κ1) is 17.3. The Morgan fingerprint density at radius 3 is 2.40 bits per heavy atom. The van der Waals surface area contributed by atoms with Gasteiger partial charge in [0, 0.05) is 32.2 Å². The summed E-state index contributed by atoms with van der Waals surface area (Å²) in [7, 11) is 0. The molecule has 0 spiro atoms. The van der Waals surface area contributed by atoms with Crippen molar-refractivity contribution in [1.82, 2.24) is 4.90 Å². The van der Waals surface area contributed by atoms with Crippen LogP contribution in [0.3, 0.4) is 0 Å². The molecule has 1 aromatic carbocycles. The fraction of sp³-hybridized carbons (Fsp3) is 0.636. The normalized spacial score (nSPS) is 29.1. The summed E-state index contributed by atoms with van der Waals surface area (Å²) in [5.41, 5.74) is 4.08. The van der Waals surface area contributed by atoms with Crippen LogP contribution in [-0.2, 0) is 4.74 Å². The van der Waals surface area contributed by atoms with Gasteiger partial charge in [0.15, 0.2) is 0 Å². The van der Waals surface area contributed by atoms with E-state index in [9.17, 15) is 5.11 Å². The van der Waals surface area contributed by atoms with Gasteiger partial charge in [-0.3, -0.25) is 4.90 Å². The third kappa shape index (κ3) is 4.33. The van der Waals surface area contributed by atoms with E-state index in [0.29, 0.717) is 6.61 Å². The second kappa shape index (κ2) is 8.03. The van der Waals surface area contributed by atoms with Gasteiger partial charge in [0.25, 0.3) is 0 Å². The van der Waals surface area contributed by atoms with Gasteiger partial charge in [0.2, 0.25) is 0 Å². The van der Waals surface area contributed by atoms with E-state index in [1.54, 1.807) is 5.57 Å². The van der Waals surface area contributed by atoms with Crippen molar-refractivity contribution in [1.29, 1.82) is 0 Å². The summed E-state index contributed by atoms with van der Waals surface area (Å²) < 4.78 is 5.80. The Morgan fingerprint density at radius 1 is 1.00 bits per heavy atom. The standard InChI is InChI=1S/C22H31NO2/c24-21-11-14-25-22(16-21)19-7-5-17(6-8-19)15-18-9-12-23(13-10-18)20-3-1-2-4-20/h5-8,15,20-22,24H,1-4,9-14,16H2. The molecule has 2 unspecified atom stereocenters. The quantitative estimate of drug-likeness (QED) is 0.889. The summed E-state index contributed by atoms with van der Waals surface area (Å²) in [6.07, 6.45) is 11.8. The maximum atomic E-state index is 9.82. The molecule has 2 aliphatic heterocycles. The first-order valence-corrected chi connectivity index (χ1v) is 10.1. The van der Waals surface area contributed by atoms with Gasteiger partial charge in [0.05, 0.1) is 12.2 Å². The molecular weight excluding hydrogens is 310 g/mol. The highest BCUT2D eigenvalue weighted by Crippen LogP contribution is 2.30. The number of piperidine rings is 1. The predicted octanol–water partition coefficient (Wildman–Crippen LogP) is 4.32. The van der Waals surface area contributed by atoms with Gasteiger partial charge in [0.1, 0.15) is 0 Å². The van der Waals surface area contributed by atoms with E-state index in [2.05, 4.69) is 35.2 Å². The van der Waals surface area contributed by atoms with Crippen LogP contribution in [0.5, 0.6) is 0 Å². The van der Waals surface area contributed by atoms with Gasteiger partial charge < -0.3 is 9.84 Å². The average Bonchev–Trinajstić information content (AvgIpc) is 3.18. The largest absolute Gasteiger partial charge is 0.393 e. The van der Waals surface area contributed by atoms with E-state index < -0.39 is 0 Å². The van der Waals surface area contributed by atoms with E-state index in [1.165, 1.54) is 62.7 Å². The molecule has 1 N–H and O–H groups in total. The minimum Gasteiger partial charge on any atom is -0.393 e. The van der Waals surface area contributed by atoms with Crippen molar-refractivity contribution in [3.8, 4) is 0 Å². The number of aliphatic hydroxyl groups is 1. The van der Waals surface area contributed by atoms with Crippen molar-refractivity contribution >= 4 is 6.08 Å². The van der Waals surface area contributed by atoms with Crippen LogP contribution in [0.2, 0.25) is 0 Å². The molecule has 1 aromatic rings. The van der Waals surface area contributed by atoms with Gasteiger partial charge in [-0.1, -0.05) is 48.8 Å². The number of likely N-dealkylation sites (tertiary alicyclic amines) is 1. The first-order chi connectivity index (χ1) is 12.3. The summed E-state index contributed by atoms with van der Waals surface area (Å²) in [5.74, 6) is 0. The van der Waals surface area contributed by atoms with Gasteiger partial charge >= 0.3 is 0 Å². The summed E-state index contributed by atoms with van der Waals surface area (Å²) in [6, 6.07) is 9.61. The van der Waals surface area contributed by atoms with E-state index in [1.807, 2.05) is 0 Å². The SMILES string of the molecule is OC1CCOC(c2ccc(C=C3CCN(C4CCCC4)CC3)cc2)C1. The molecule has 2 heterocycles. The van der Waals surface area contributed by atoms with Crippen molar-refractivity contribution in [3.05, 3.63) is 41.0 Å². The van der Waals surface area contributed by atoms with Crippen molar-refractivity contribution in [2.45, 2.75) is 69.6 Å². The van der Waals surface area contributed by atoms with Crippen LogP contribution < -0.4 is 0 Å². The van der Waals surface area contributed by atoms with Gasteiger partial charge in [-0.15, -0.1) is 0 Å². The number of nitrogens with zero attached hydrogens (tertiary/aromatic N) is 1. The van der Waals surface area contributed by atoms with E-state index in [-0.39, 0.29) is 12.2 Å². The van der Waals surface area contributed by atoms with Crippen molar-refractivity contribution in [3.63, 3.8) is 0 Å². The highest BCUT2D eigenvalue weighted by atomic mass is 16.5. The number of hydrogen-bond donors (Lipinski definition) is 1. The third-order valence-corrected chi connectivity index (χ3v) is 6.22. The molecule has 4 rings (SSSR count). The summed E-state index contributed by atoms with van der Waals surface area (Å²) >= 11 is 0. The van der Waals surface area contributed by atoms with E-state index in [0.717, 1.165) is 18.9 Å². The lowest BCUT2D eigenvalue weighted by Gasteiger charge is -2.33. The fourth-order valence-electron chi connectivity index (χ4n) is 4.64. The molecule has 1 aliphatic carbocycles. The van der Waals surface area contributed by atoms with Crippen molar-refractivity contribution in [2.75, 3.05) is 19.7 Å². The van der Waals surface area contributed by atoms with Crippen LogP contribution in [0, 0.1) is 0 Å². The number of ether oxygens (including phenoxy) is 1. The maximum Gasteiger partial charge on any atom is 0.0849 e. The Morgan fingerprint density at radius 2 is 1.72 bits per heavy atom. The summed E-state index contributed by atoms with van der Waals surface area (Å²) in [6.45, 7) is 3.14. The van der Waals surface area contributed by atoms with Crippen LogP contribution in [0.1, 0.15) is 68.6 Å². The van der Waals surface area contributed by atoms with Crippen LogP contribution in [0.15, 0.2) is 29.8 Å². The topological polar surface area (TPSA) is 32.7 Å². The lowest BCUT2D eigenvalue weighted by atomic mass is 9.96. The molecule has 0 amide bonds. The Balaban J connectivity index is 1.34. The Kier molecular flexibility index (Phi) is 5.54. The molecule has 0 radical (unpaired) electrons. The number of aliphatic hydroxyl groups excluding tert-OH is 1. The Labute approximate surface area is 151 Å². The molecule has 0 aromatic heterocycles. The highest BCUT2D eigenvalue weighted by Gasteiger charge is 2.25. The molecular formula is C22H31NO2. The zero-order valence-electron chi connectivity index (χ0n) is 15.2. The minimum absolute atomic E-state index is 0.0557. The van der Waals surface area contributed by atoms with Gasteiger partial charge in [-0.2, -0.15) is 0 Å². The molecule has 3 nitrogen and oxygen atoms in total. The molecule has 136 valence electrons. The first-order valence-electron chi connectivity index (χ1n) is 10.1. The summed E-state index contributed by atoms with van der Waals surface area (Å²) in [4.78, 5) is 2.72. The predicted molar refractivity (Wildman–Crippen MR) is 101 cm³/mol. The molecule has 3 fully saturated rings. The molecule has 2 atom stereocenters. The van der Waals surface area contributed by atoms with Gasteiger partial charge in [-0.25, -0.2) is 0 Å². The van der Waals surface area contributed by atoms with Crippen LogP contribution >= 0.6 is 0 Å². The lowest BCUT2D eigenvalue weighted by molar-refractivity contribution is -0.0447. The monoisotopic (exact) mass is 341 g/mol. The number of rotatable bonds is 3. The average molecular weight is 341 g/mol. The second-order valence-electron chi connectivity index (χ2n) is 7.98. The fourth-order valence-corrected chi connectivity index (χ4v) is 4.64. The smallest absolute Gasteiger partial charge is 0.0849 e. The molecule has 1 saturated carbocycles.